The molecule has 1 atom stereocenters. The second kappa shape index (κ2) is 13.5. The van der Waals surface area contributed by atoms with E-state index in [9.17, 15) is 9.59 Å². The van der Waals surface area contributed by atoms with Gasteiger partial charge in [0.05, 0.1) is 18.3 Å². The minimum absolute atomic E-state index is 0.0301. The number of amides is 2. The Morgan fingerprint density at radius 2 is 1.45 bits per heavy atom. The Bertz CT molecular complexity index is 1330. The van der Waals surface area contributed by atoms with E-state index in [-0.39, 0.29) is 24.4 Å². The van der Waals surface area contributed by atoms with Crippen LogP contribution < -0.4 is 25.4 Å². The molecule has 0 aromatic heterocycles. The molecule has 1 unspecified atom stereocenters. The molecule has 4 aromatic rings. The Balaban J connectivity index is 1.26. The summed E-state index contributed by atoms with van der Waals surface area (Å²) >= 11 is 0. The molecule has 38 heavy (non-hydrogen) atoms. The molecule has 2 amide bonds. The fourth-order valence-electron chi connectivity index (χ4n) is 3.79. The summed E-state index contributed by atoms with van der Waals surface area (Å²) in [7, 11) is 0. The standard InChI is InChI=1S/C31H31N3O4/c1-23(24-11-4-2-5-12-24)33-31(36)25-13-10-14-26(21-25)34-30(35)22-32-28-17-8-9-18-29(28)38-20-19-37-27-15-6-3-7-16-27/h2-18,21,23,32H,19-20,22H2,1H3,(H,33,36)(H,34,35). The normalized spacial score (nSPS) is 11.2. The topological polar surface area (TPSA) is 88.7 Å². The molecule has 7 heteroatoms. The minimum atomic E-state index is -0.248. The molecule has 0 saturated heterocycles. The van der Waals surface area contributed by atoms with E-state index in [4.69, 9.17) is 9.47 Å². The summed E-state index contributed by atoms with van der Waals surface area (Å²) in [4.78, 5) is 25.4. The van der Waals surface area contributed by atoms with Crippen molar-refractivity contribution in [1.82, 2.24) is 5.32 Å². The summed E-state index contributed by atoms with van der Waals surface area (Å²) < 4.78 is 11.5. The van der Waals surface area contributed by atoms with Crippen molar-refractivity contribution in [3.8, 4) is 11.5 Å². The average Bonchev–Trinajstić information content (AvgIpc) is 2.96. The van der Waals surface area contributed by atoms with Crippen molar-refractivity contribution in [2.45, 2.75) is 13.0 Å². The Kier molecular flexibility index (Phi) is 9.34. The largest absolute Gasteiger partial charge is 0.490 e. The van der Waals surface area contributed by atoms with E-state index in [2.05, 4.69) is 16.0 Å². The Morgan fingerprint density at radius 3 is 2.24 bits per heavy atom. The van der Waals surface area contributed by atoms with Crippen LogP contribution >= 0.6 is 0 Å². The minimum Gasteiger partial charge on any atom is -0.490 e. The van der Waals surface area contributed by atoms with Gasteiger partial charge in [0.1, 0.15) is 24.7 Å². The maximum atomic E-state index is 12.7. The van der Waals surface area contributed by atoms with Gasteiger partial charge in [-0.2, -0.15) is 0 Å². The van der Waals surface area contributed by atoms with Crippen LogP contribution in [-0.4, -0.2) is 31.6 Å². The van der Waals surface area contributed by atoms with Crippen molar-refractivity contribution >= 4 is 23.2 Å². The average molecular weight is 510 g/mol. The second-order valence-corrected chi connectivity index (χ2v) is 8.59. The van der Waals surface area contributed by atoms with Crippen LogP contribution in [0.2, 0.25) is 0 Å². The number of hydrogen-bond acceptors (Lipinski definition) is 5. The number of rotatable bonds is 12. The van der Waals surface area contributed by atoms with E-state index in [1.165, 1.54) is 0 Å². The maximum Gasteiger partial charge on any atom is 0.251 e. The van der Waals surface area contributed by atoms with Gasteiger partial charge in [0, 0.05) is 11.3 Å². The van der Waals surface area contributed by atoms with Gasteiger partial charge in [0.2, 0.25) is 5.91 Å². The third kappa shape index (κ3) is 7.86. The zero-order valence-corrected chi connectivity index (χ0v) is 21.2. The second-order valence-electron chi connectivity index (χ2n) is 8.59. The van der Waals surface area contributed by atoms with Gasteiger partial charge in [0.25, 0.3) is 5.91 Å². The third-order valence-electron chi connectivity index (χ3n) is 5.73. The monoisotopic (exact) mass is 509 g/mol. The summed E-state index contributed by atoms with van der Waals surface area (Å²) in [5.41, 5.74) is 2.73. The lowest BCUT2D eigenvalue weighted by Gasteiger charge is -2.15. The molecule has 4 rings (SSSR count). The van der Waals surface area contributed by atoms with E-state index in [0.717, 1.165) is 11.3 Å². The van der Waals surface area contributed by atoms with E-state index >= 15 is 0 Å². The number of ether oxygens (including phenoxy) is 2. The van der Waals surface area contributed by atoms with Crippen LogP contribution in [0.1, 0.15) is 28.9 Å². The van der Waals surface area contributed by atoms with Crippen LogP contribution in [0, 0.1) is 0 Å². The number of anilines is 2. The van der Waals surface area contributed by atoms with Crippen LogP contribution in [0.15, 0.2) is 109 Å². The molecule has 194 valence electrons. The summed E-state index contributed by atoms with van der Waals surface area (Å²) in [6.45, 7) is 2.72. The van der Waals surface area contributed by atoms with E-state index in [0.29, 0.717) is 35.9 Å². The van der Waals surface area contributed by atoms with Crippen LogP contribution in [0.3, 0.4) is 0 Å². The lowest BCUT2D eigenvalue weighted by atomic mass is 10.1. The van der Waals surface area contributed by atoms with Crippen molar-refractivity contribution < 1.29 is 19.1 Å². The van der Waals surface area contributed by atoms with Gasteiger partial charge >= 0.3 is 0 Å². The van der Waals surface area contributed by atoms with E-state index in [1.54, 1.807) is 24.3 Å². The van der Waals surface area contributed by atoms with Crippen molar-refractivity contribution in [3.05, 3.63) is 120 Å². The van der Waals surface area contributed by atoms with Crippen LogP contribution in [0.4, 0.5) is 11.4 Å². The number of carbonyl (C=O) groups excluding carboxylic acids is 2. The van der Waals surface area contributed by atoms with Crippen LogP contribution in [0.25, 0.3) is 0 Å². The van der Waals surface area contributed by atoms with E-state index < -0.39 is 0 Å². The molecule has 0 aliphatic carbocycles. The molecular weight excluding hydrogens is 478 g/mol. The highest BCUT2D eigenvalue weighted by molar-refractivity contribution is 5.98. The molecule has 0 bridgehead atoms. The Morgan fingerprint density at radius 1 is 0.763 bits per heavy atom. The van der Waals surface area contributed by atoms with Gasteiger partial charge in [-0.15, -0.1) is 0 Å². The Hall–Kier alpha value is -4.78. The zero-order chi connectivity index (χ0) is 26.6. The molecular formula is C31H31N3O4. The molecule has 4 aromatic carbocycles. The number of para-hydroxylation sites is 3. The van der Waals surface area contributed by atoms with Gasteiger partial charge in [-0.1, -0.05) is 66.7 Å². The number of carbonyl (C=O) groups is 2. The van der Waals surface area contributed by atoms with Gasteiger partial charge in [-0.3, -0.25) is 9.59 Å². The molecule has 0 radical (unpaired) electrons. The fraction of sp³-hybridized carbons (Fsp3) is 0.161. The number of nitrogens with one attached hydrogen (secondary N) is 3. The van der Waals surface area contributed by atoms with Crippen molar-refractivity contribution in [2.75, 3.05) is 30.4 Å². The first-order chi connectivity index (χ1) is 18.6. The molecule has 0 aliphatic heterocycles. The smallest absolute Gasteiger partial charge is 0.251 e. The predicted octanol–water partition coefficient (Wildman–Crippen LogP) is 5.69. The molecule has 0 aliphatic rings. The summed E-state index contributed by atoms with van der Waals surface area (Å²) in [5.74, 6) is 0.954. The first-order valence-electron chi connectivity index (χ1n) is 12.5. The molecule has 0 heterocycles. The van der Waals surface area contributed by atoms with Gasteiger partial charge in [-0.25, -0.2) is 0 Å². The predicted molar refractivity (Wildman–Crippen MR) is 150 cm³/mol. The zero-order valence-electron chi connectivity index (χ0n) is 21.2. The summed E-state index contributed by atoms with van der Waals surface area (Å²) in [6, 6.07) is 33.4. The Labute approximate surface area is 222 Å². The first kappa shape index (κ1) is 26.3. The molecule has 0 spiro atoms. The van der Waals surface area contributed by atoms with Crippen molar-refractivity contribution in [2.24, 2.45) is 0 Å². The van der Waals surface area contributed by atoms with Gasteiger partial charge in [0.15, 0.2) is 0 Å². The molecule has 0 saturated carbocycles. The van der Waals surface area contributed by atoms with Gasteiger partial charge in [-0.05, 0) is 55.0 Å². The van der Waals surface area contributed by atoms with Gasteiger partial charge < -0.3 is 25.4 Å². The lowest BCUT2D eigenvalue weighted by molar-refractivity contribution is -0.114. The summed E-state index contributed by atoms with van der Waals surface area (Å²) in [6.07, 6.45) is 0. The highest BCUT2D eigenvalue weighted by atomic mass is 16.5. The molecule has 7 nitrogen and oxygen atoms in total. The van der Waals surface area contributed by atoms with E-state index in [1.807, 2.05) is 91.9 Å². The molecule has 0 fully saturated rings. The quantitative estimate of drug-likeness (QED) is 0.214. The van der Waals surface area contributed by atoms with Crippen molar-refractivity contribution in [1.29, 1.82) is 0 Å². The van der Waals surface area contributed by atoms with Crippen LogP contribution in [0.5, 0.6) is 11.5 Å². The van der Waals surface area contributed by atoms with Crippen LogP contribution in [-0.2, 0) is 4.79 Å². The highest BCUT2D eigenvalue weighted by Crippen LogP contribution is 2.23. The first-order valence-corrected chi connectivity index (χ1v) is 12.5. The SMILES string of the molecule is CC(NC(=O)c1cccc(NC(=O)CNc2ccccc2OCCOc2ccccc2)c1)c1ccccc1. The fourth-order valence-corrected chi connectivity index (χ4v) is 3.79. The van der Waals surface area contributed by atoms with Crippen molar-refractivity contribution in [3.63, 3.8) is 0 Å². The third-order valence-corrected chi connectivity index (χ3v) is 5.73. The molecule has 3 N–H and O–H groups in total. The summed E-state index contributed by atoms with van der Waals surface area (Å²) in [5, 5.41) is 8.95. The maximum absolute atomic E-state index is 12.7. The highest BCUT2D eigenvalue weighted by Gasteiger charge is 2.13. The number of benzene rings is 4. The number of hydrogen-bond donors (Lipinski definition) is 3. The lowest BCUT2D eigenvalue weighted by Crippen LogP contribution is -2.27.